The van der Waals surface area contributed by atoms with E-state index >= 15 is 0 Å². The Morgan fingerprint density at radius 3 is 2.47 bits per heavy atom. The zero-order chi connectivity index (χ0) is 11.6. The molecule has 0 aliphatic rings. The number of carbonyl (C=O) groups is 1. The normalized spacial score (nSPS) is 11.2. The molecule has 0 aromatic heterocycles. The lowest BCUT2D eigenvalue weighted by atomic mass is 10.2. The van der Waals surface area contributed by atoms with Crippen LogP contribution in [-0.4, -0.2) is 19.4 Å². The molecule has 0 saturated carbocycles. The van der Waals surface area contributed by atoms with Crippen molar-refractivity contribution in [3.05, 3.63) is 28.2 Å². The number of carboxylic acid groups (broad SMARTS) is 1. The van der Waals surface area contributed by atoms with Crippen LogP contribution in [0.4, 0.5) is 0 Å². The first-order chi connectivity index (χ1) is 6.79. The Kier molecular flexibility index (Phi) is 3.57. The maximum atomic E-state index is 10.9. The van der Waals surface area contributed by atoms with Crippen LogP contribution < -0.4 is 4.43 Å². The molecule has 5 heteroatoms. The van der Waals surface area contributed by atoms with Crippen LogP contribution in [-0.2, 0) is 0 Å². The van der Waals surface area contributed by atoms with Gasteiger partial charge in [-0.2, -0.15) is 0 Å². The molecule has 0 unspecified atom stereocenters. The first-order valence-corrected chi connectivity index (χ1v) is 8.71. The fraction of sp³-hybridized carbons (Fsp3) is 0.300. The Labute approximate surface area is 98.3 Å². The van der Waals surface area contributed by atoms with Gasteiger partial charge >= 0.3 is 5.97 Å². The maximum Gasteiger partial charge on any atom is 0.339 e. The number of aromatic carboxylic acids is 1. The van der Waals surface area contributed by atoms with E-state index in [0.717, 1.165) is 4.47 Å². The lowest BCUT2D eigenvalue weighted by Crippen LogP contribution is -2.30. The lowest BCUT2D eigenvalue weighted by Gasteiger charge is -2.20. The summed E-state index contributed by atoms with van der Waals surface area (Å²) in [7, 11) is -1.78. The van der Waals surface area contributed by atoms with Crippen LogP contribution in [0, 0.1) is 0 Å². The summed E-state index contributed by atoms with van der Waals surface area (Å²) in [5.41, 5.74) is 0.209. The van der Waals surface area contributed by atoms with Crippen LogP contribution in [0.5, 0.6) is 5.75 Å². The van der Waals surface area contributed by atoms with E-state index < -0.39 is 14.3 Å². The quantitative estimate of drug-likeness (QED) is 0.868. The Bertz CT molecular complexity index is 385. The summed E-state index contributed by atoms with van der Waals surface area (Å²) in [5.74, 6) is -0.521. The van der Waals surface area contributed by atoms with E-state index in [1.54, 1.807) is 18.2 Å². The summed E-state index contributed by atoms with van der Waals surface area (Å²) in [6, 6.07) is 4.93. The summed E-state index contributed by atoms with van der Waals surface area (Å²) in [6.45, 7) is 6.04. The molecule has 1 aromatic rings. The second-order valence-corrected chi connectivity index (χ2v) is 9.50. The van der Waals surface area contributed by atoms with E-state index in [-0.39, 0.29) is 5.56 Å². The van der Waals surface area contributed by atoms with Crippen LogP contribution in [0.1, 0.15) is 10.4 Å². The van der Waals surface area contributed by atoms with Crippen LogP contribution in [0.15, 0.2) is 22.7 Å². The van der Waals surface area contributed by atoms with E-state index in [0.29, 0.717) is 5.75 Å². The summed E-state index contributed by atoms with van der Waals surface area (Å²) in [4.78, 5) is 10.9. The monoisotopic (exact) mass is 288 g/mol. The van der Waals surface area contributed by atoms with Crippen molar-refractivity contribution in [2.45, 2.75) is 19.6 Å². The summed E-state index contributed by atoms with van der Waals surface area (Å²) in [6.07, 6.45) is 0. The average Bonchev–Trinajstić information content (AvgIpc) is 1.99. The fourth-order valence-electron chi connectivity index (χ4n) is 1.09. The molecule has 0 heterocycles. The van der Waals surface area contributed by atoms with E-state index in [1.165, 1.54) is 0 Å². The predicted molar refractivity (Wildman–Crippen MR) is 65.1 cm³/mol. The van der Waals surface area contributed by atoms with Gasteiger partial charge < -0.3 is 9.53 Å². The highest BCUT2D eigenvalue weighted by Gasteiger charge is 2.20. The van der Waals surface area contributed by atoms with Crippen LogP contribution in [0.2, 0.25) is 19.6 Å². The van der Waals surface area contributed by atoms with Gasteiger partial charge in [-0.15, -0.1) is 0 Å². The molecule has 0 bridgehead atoms. The molecule has 3 nitrogen and oxygen atoms in total. The van der Waals surface area contributed by atoms with E-state index in [2.05, 4.69) is 15.9 Å². The molecule has 0 atom stereocenters. The molecule has 0 amide bonds. The van der Waals surface area contributed by atoms with Crippen molar-refractivity contribution in [2.24, 2.45) is 0 Å². The average molecular weight is 289 g/mol. The topological polar surface area (TPSA) is 46.5 Å². The summed E-state index contributed by atoms with van der Waals surface area (Å²) < 4.78 is 6.52. The van der Waals surface area contributed by atoms with Crippen molar-refractivity contribution < 1.29 is 14.3 Å². The molecule has 0 aliphatic carbocycles. The highest BCUT2D eigenvalue weighted by atomic mass is 79.9. The van der Waals surface area contributed by atoms with Gasteiger partial charge in [-0.25, -0.2) is 4.79 Å². The zero-order valence-electron chi connectivity index (χ0n) is 8.87. The van der Waals surface area contributed by atoms with Gasteiger partial charge in [-0.3, -0.25) is 0 Å². The summed E-state index contributed by atoms with van der Waals surface area (Å²) in [5, 5.41) is 8.97. The fourth-order valence-corrected chi connectivity index (χ4v) is 2.26. The van der Waals surface area contributed by atoms with Crippen LogP contribution in [0.3, 0.4) is 0 Å². The molecule has 0 saturated heterocycles. The Morgan fingerprint density at radius 1 is 1.40 bits per heavy atom. The van der Waals surface area contributed by atoms with Gasteiger partial charge in [0.15, 0.2) is 0 Å². The second kappa shape index (κ2) is 4.36. The standard InChI is InChI=1S/C10H13BrO3Si/c1-15(2,3)14-9-6-7(11)4-5-8(9)10(12)13/h4-6H,1-3H3,(H,12,13). The van der Waals surface area contributed by atoms with E-state index in [1.807, 2.05) is 19.6 Å². The lowest BCUT2D eigenvalue weighted by molar-refractivity contribution is 0.0695. The molecule has 0 aliphatic heterocycles. The molecule has 1 aromatic carbocycles. The number of hydrogen-bond donors (Lipinski definition) is 1. The van der Waals surface area contributed by atoms with Gasteiger partial charge in [0.1, 0.15) is 11.3 Å². The van der Waals surface area contributed by atoms with Gasteiger partial charge in [0.25, 0.3) is 0 Å². The number of benzene rings is 1. The van der Waals surface area contributed by atoms with E-state index in [9.17, 15) is 4.79 Å². The van der Waals surface area contributed by atoms with Crippen LogP contribution in [0.25, 0.3) is 0 Å². The van der Waals surface area contributed by atoms with Gasteiger partial charge in [0.05, 0.1) is 0 Å². The molecular formula is C10H13BrO3Si. The molecule has 0 radical (unpaired) electrons. The van der Waals surface area contributed by atoms with Crippen molar-refractivity contribution in [3.63, 3.8) is 0 Å². The number of hydrogen-bond acceptors (Lipinski definition) is 2. The Balaban J connectivity index is 3.13. The predicted octanol–water partition coefficient (Wildman–Crippen LogP) is 3.36. The molecule has 1 rings (SSSR count). The molecule has 15 heavy (non-hydrogen) atoms. The zero-order valence-corrected chi connectivity index (χ0v) is 11.5. The second-order valence-electron chi connectivity index (χ2n) is 4.16. The minimum absolute atomic E-state index is 0.209. The molecule has 1 N–H and O–H groups in total. The van der Waals surface area contributed by atoms with Crippen molar-refractivity contribution in [1.29, 1.82) is 0 Å². The smallest absolute Gasteiger partial charge is 0.339 e. The SMILES string of the molecule is C[Si](C)(C)Oc1cc(Br)ccc1C(=O)O. The minimum atomic E-state index is -1.78. The molecular weight excluding hydrogens is 276 g/mol. The molecule has 82 valence electrons. The Hall–Kier alpha value is -0.813. The van der Waals surface area contributed by atoms with Crippen molar-refractivity contribution >= 4 is 30.2 Å². The van der Waals surface area contributed by atoms with Crippen LogP contribution >= 0.6 is 15.9 Å². The third-order valence-electron chi connectivity index (χ3n) is 1.59. The number of carboxylic acids is 1. The number of halogens is 1. The summed E-state index contributed by atoms with van der Waals surface area (Å²) >= 11 is 3.30. The third kappa shape index (κ3) is 3.68. The number of rotatable bonds is 3. The third-order valence-corrected chi connectivity index (χ3v) is 2.92. The highest BCUT2D eigenvalue weighted by Crippen LogP contribution is 2.26. The maximum absolute atomic E-state index is 10.9. The largest absolute Gasteiger partial charge is 0.544 e. The molecule has 0 spiro atoms. The van der Waals surface area contributed by atoms with Crippen molar-refractivity contribution in [1.82, 2.24) is 0 Å². The first kappa shape index (κ1) is 12.3. The van der Waals surface area contributed by atoms with Gasteiger partial charge in [-0.05, 0) is 37.8 Å². The minimum Gasteiger partial charge on any atom is -0.544 e. The highest BCUT2D eigenvalue weighted by molar-refractivity contribution is 9.10. The molecule has 0 fully saturated rings. The van der Waals surface area contributed by atoms with Gasteiger partial charge in [-0.1, -0.05) is 15.9 Å². The van der Waals surface area contributed by atoms with E-state index in [4.69, 9.17) is 9.53 Å². The van der Waals surface area contributed by atoms with Gasteiger partial charge in [0.2, 0.25) is 8.32 Å². The van der Waals surface area contributed by atoms with Crippen molar-refractivity contribution in [2.75, 3.05) is 0 Å². The first-order valence-electron chi connectivity index (χ1n) is 4.51. The van der Waals surface area contributed by atoms with Gasteiger partial charge in [0, 0.05) is 4.47 Å². The van der Waals surface area contributed by atoms with Crippen molar-refractivity contribution in [3.8, 4) is 5.75 Å². The Morgan fingerprint density at radius 2 is 2.00 bits per heavy atom.